The first-order chi connectivity index (χ1) is 11.7. The van der Waals surface area contributed by atoms with Gasteiger partial charge in [0, 0.05) is 18.8 Å². The Morgan fingerprint density at radius 3 is 2.88 bits per heavy atom. The van der Waals surface area contributed by atoms with Crippen LogP contribution in [0.1, 0.15) is 18.4 Å². The quantitative estimate of drug-likeness (QED) is 0.722. The molecule has 0 bridgehead atoms. The molecule has 126 valence electrons. The summed E-state index contributed by atoms with van der Waals surface area (Å²) in [5, 5.41) is 10.2. The van der Waals surface area contributed by atoms with Crippen molar-refractivity contribution in [2.75, 3.05) is 23.8 Å². The van der Waals surface area contributed by atoms with Crippen LogP contribution in [-0.2, 0) is 4.74 Å². The summed E-state index contributed by atoms with van der Waals surface area (Å²) in [4.78, 5) is 4.42. The van der Waals surface area contributed by atoms with Crippen molar-refractivity contribution in [2.24, 2.45) is 0 Å². The number of para-hydroxylation sites is 1. The van der Waals surface area contributed by atoms with E-state index in [2.05, 4.69) is 33.9 Å². The third kappa shape index (κ3) is 4.66. The molecule has 6 heteroatoms. The van der Waals surface area contributed by atoms with Gasteiger partial charge in [-0.3, -0.25) is 0 Å². The van der Waals surface area contributed by atoms with Gasteiger partial charge < -0.3 is 20.7 Å². The predicted molar refractivity (Wildman–Crippen MR) is 102 cm³/mol. The highest BCUT2D eigenvalue weighted by molar-refractivity contribution is 7.80. The maximum absolute atomic E-state index is 5.56. The number of benzene rings is 1. The molecule has 0 spiro atoms. The Bertz CT molecular complexity index is 684. The fraction of sp³-hybridized carbons (Fsp3) is 0.333. The second-order valence-corrected chi connectivity index (χ2v) is 6.25. The third-order valence-electron chi connectivity index (χ3n) is 3.94. The lowest BCUT2D eigenvalue weighted by Gasteiger charge is -2.14. The lowest BCUT2D eigenvalue weighted by molar-refractivity contribution is 0.114. The number of anilines is 3. The number of nitrogens with zero attached hydrogens (tertiary/aromatic N) is 1. The van der Waals surface area contributed by atoms with Crippen LogP contribution in [0.4, 0.5) is 17.2 Å². The summed E-state index contributed by atoms with van der Waals surface area (Å²) >= 11 is 5.30. The van der Waals surface area contributed by atoms with Crippen LogP contribution in [0, 0.1) is 6.92 Å². The molecule has 1 saturated heterocycles. The number of thiocarbonyl (C=S) groups is 1. The van der Waals surface area contributed by atoms with Crippen LogP contribution in [0.25, 0.3) is 0 Å². The molecule has 0 saturated carbocycles. The lowest BCUT2D eigenvalue weighted by Crippen LogP contribution is -2.34. The zero-order valence-corrected chi connectivity index (χ0v) is 14.5. The van der Waals surface area contributed by atoms with E-state index in [0.29, 0.717) is 5.11 Å². The summed E-state index contributed by atoms with van der Waals surface area (Å²) in [6, 6.07) is 12.0. The predicted octanol–water partition coefficient (Wildman–Crippen LogP) is 3.60. The SMILES string of the molecule is Cc1ccccc1Nc1ccc(NC(=S)NCC2CCCO2)cn1. The van der Waals surface area contributed by atoms with Crippen molar-refractivity contribution in [3.63, 3.8) is 0 Å². The maximum atomic E-state index is 5.56. The Balaban J connectivity index is 1.50. The number of hydrogen-bond acceptors (Lipinski definition) is 4. The Kier molecular flexibility index (Phi) is 5.61. The van der Waals surface area contributed by atoms with Crippen molar-refractivity contribution < 1.29 is 4.74 Å². The van der Waals surface area contributed by atoms with Crippen LogP contribution >= 0.6 is 12.2 Å². The zero-order valence-electron chi connectivity index (χ0n) is 13.7. The van der Waals surface area contributed by atoms with Gasteiger partial charge in [0.15, 0.2) is 5.11 Å². The molecule has 0 amide bonds. The summed E-state index contributed by atoms with van der Waals surface area (Å²) in [7, 11) is 0. The van der Waals surface area contributed by atoms with Gasteiger partial charge in [0.1, 0.15) is 5.82 Å². The highest BCUT2D eigenvalue weighted by atomic mass is 32.1. The molecule has 1 aromatic carbocycles. The zero-order chi connectivity index (χ0) is 16.8. The average Bonchev–Trinajstić information content (AvgIpc) is 3.10. The van der Waals surface area contributed by atoms with E-state index in [1.165, 1.54) is 5.56 Å². The number of hydrogen-bond donors (Lipinski definition) is 3. The molecular weight excluding hydrogens is 320 g/mol. The van der Waals surface area contributed by atoms with Crippen LogP contribution in [0.3, 0.4) is 0 Å². The third-order valence-corrected chi connectivity index (χ3v) is 4.19. The van der Waals surface area contributed by atoms with Crippen molar-refractivity contribution in [3.8, 4) is 0 Å². The van der Waals surface area contributed by atoms with Crippen molar-refractivity contribution in [1.29, 1.82) is 0 Å². The molecule has 1 unspecified atom stereocenters. The number of nitrogens with one attached hydrogen (secondary N) is 3. The van der Waals surface area contributed by atoms with Crippen LogP contribution in [0.2, 0.25) is 0 Å². The van der Waals surface area contributed by atoms with Gasteiger partial charge in [-0.15, -0.1) is 0 Å². The molecule has 3 rings (SSSR count). The van der Waals surface area contributed by atoms with E-state index in [9.17, 15) is 0 Å². The Morgan fingerprint density at radius 2 is 2.17 bits per heavy atom. The molecular formula is C18H22N4OS. The van der Waals surface area contributed by atoms with Gasteiger partial charge in [0.05, 0.1) is 18.0 Å². The minimum absolute atomic E-state index is 0.267. The minimum Gasteiger partial charge on any atom is -0.376 e. The van der Waals surface area contributed by atoms with Crippen LogP contribution in [0.5, 0.6) is 0 Å². The molecule has 2 aromatic rings. The first-order valence-corrected chi connectivity index (χ1v) is 8.57. The largest absolute Gasteiger partial charge is 0.376 e. The molecule has 5 nitrogen and oxygen atoms in total. The average molecular weight is 342 g/mol. The van der Waals surface area contributed by atoms with E-state index in [4.69, 9.17) is 17.0 Å². The van der Waals surface area contributed by atoms with Crippen molar-refractivity contribution in [3.05, 3.63) is 48.2 Å². The van der Waals surface area contributed by atoms with Crippen molar-refractivity contribution >= 4 is 34.5 Å². The minimum atomic E-state index is 0.267. The summed E-state index contributed by atoms with van der Waals surface area (Å²) in [5.41, 5.74) is 3.09. The summed E-state index contributed by atoms with van der Waals surface area (Å²) in [5.74, 6) is 0.799. The molecule has 1 fully saturated rings. The monoisotopic (exact) mass is 342 g/mol. The Hall–Kier alpha value is -2.18. The highest BCUT2D eigenvalue weighted by Crippen LogP contribution is 2.19. The molecule has 0 radical (unpaired) electrons. The fourth-order valence-electron chi connectivity index (χ4n) is 2.58. The fourth-order valence-corrected chi connectivity index (χ4v) is 2.78. The smallest absolute Gasteiger partial charge is 0.170 e. The molecule has 0 aliphatic carbocycles. The van der Waals surface area contributed by atoms with Gasteiger partial charge in [0.25, 0.3) is 0 Å². The number of aryl methyl sites for hydroxylation is 1. The molecule has 1 aromatic heterocycles. The number of aromatic nitrogens is 1. The van der Waals surface area contributed by atoms with E-state index in [1.54, 1.807) is 6.20 Å². The van der Waals surface area contributed by atoms with Gasteiger partial charge in [-0.25, -0.2) is 4.98 Å². The highest BCUT2D eigenvalue weighted by Gasteiger charge is 2.15. The number of pyridine rings is 1. The van der Waals surface area contributed by atoms with Gasteiger partial charge in [0.2, 0.25) is 0 Å². The van der Waals surface area contributed by atoms with E-state index in [0.717, 1.165) is 43.2 Å². The van der Waals surface area contributed by atoms with Crippen LogP contribution in [0.15, 0.2) is 42.6 Å². The van der Waals surface area contributed by atoms with E-state index >= 15 is 0 Å². The summed E-state index contributed by atoms with van der Waals surface area (Å²) in [6.45, 7) is 3.66. The summed E-state index contributed by atoms with van der Waals surface area (Å²) < 4.78 is 5.56. The molecule has 1 aliphatic rings. The van der Waals surface area contributed by atoms with E-state index in [-0.39, 0.29) is 6.10 Å². The van der Waals surface area contributed by atoms with Crippen molar-refractivity contribution in [1.82, 2.24) is 10.3 Å². The first-order valence-electron chi connectivity index (χ1n) is 8.16. The van der Waals surface area contributed by atoms with Gasteiger partial charge in [-0.05, 0) is 55.7 Å². The molecule has 3 N–H and O–H groups in total. The molecule has 2 heterocycles. The summed E-state index contributed by atoms with van der Waals surface area (Å²) in [6.07, 6.45) is 4.26. The standard InChI is InChI=1S/C18H22N4OS/c1-13-5-2-3-7-16(13)22-17-9-8-14(11-19-17)21-18(24)20-12-15-6-4-10-23-15/h2-3,5,7-9,11,15H,4,6,10,12H2,1H3,(H,19,22)(H2,20,21,24). The number of ether oxygens (including phenoxy) is 1. The Labute approximate surface area is 147 Å². The van der Waals surface area contributed by atoms with Crippen molar-refractivity contribution in [2.45, 2.75) is 25.9 Å². The van der Waals surface area contributed by atoms with Gasteiger partial charge in [-0.2, -0.15) is 0 Å². The molecule has 24 heavy (non-hydrogen) atoms. The normalized spacial score (nSPS) is 16.6. The van der Waals surface area contributed by atoms with Gasteiger partial charge >= 0.3 is 0 Å². The topological polar surface area (TPSA) is 58.2 Å². The van der Waals surface area contributed by atoms with Crippen LogP contribution in [-0.4, -0.2) is 29.4 Å². The van der Waals surface area contributed by atoms with Gasteiger partial charge in [-0.1, -0.05) is 18.2 Å². The Morgan fingerprint density at radius 1 is 1.29 bits per heavy atom. The molecule has 1 aliphatic heterocycles. The second-order valence-electron chi connectivity index (χ2n) is 5.84. The first kappa shape index (κ1) is 16.7. The maximum Gasteiger partial charge on any atom is 0.170 e. The molecule has 1 atom stereocenters. The van der Waals surface area contributed by atoms with E-state index < -0.39 is 0 Å². The second kappa shape index (κ2) is 8.08. The lowest BCUT2D eigenvalue weighted by atomic mass is 10.2. The van der Waals surface area contributed by atoms with Crippen LogP contribution < -0.4 is 16.0 Å². The number of rotatable bonds is 5. The van der Waals surface area contributed by atoms with E-state index in [1.807, 2.05) is 30.3 Å².